The highest BCUT2D eigenvalue weighted by Crippen LogP contribution is 2.35. The number of nitrogens with one attached hydrogen (secondary N) is 1. The number of hydrogen-bond acceptors (Lipinski definition) is 4. The monoisotopic (exact) mass is 303 g/mol. The molecule has 1 N–H and O–H groups in total. The molecule has 5 nitrogen and oxygen atoms in total. The van der Waals surface area contributed by atoms with Gasteiger partial charge in [-0.2, -0.15) is 0 Å². The largest absolute Gasteiger partial charge is 0.484 e. The zero-order valence-electron chi connectivity index (χ0n) is 11.9. The van der Waals surface area contributed by atoms with E-state index in [9.17, 15) is 9.18 Å². The Labute approximate surface area is 126 Å². The summed E-state index contributed by atoms with van der Waals surface area (Å²) in [4.78, 5) is 11.8. The molecule has 1 aliphatic rings. The van der Waals surface area contributed by atoms with E-state index in [0.717, 1.165) is 0 Å². The van der Waals surface area contributed by atoms with Crippen LogP contribution < -0.4 is 19.5 Å². The lowest BCUT2D eigenvalue weighted by Crippen LogP contribution is -2.20. The van der Waals surface area contributed by atoms with Crippen LogP contribution in [0.3, 0.4) is 0 Å². The van der Waals surface area contributed by atoms with Crippen LogP contribution in [0.4, 0.5) is 10.1 Å². The number of anilines is 1. The Balaban J connectivity index is 1.57. The molecule has 6 heteroatoms. The number of fused-ring (bicyclic) bond motifs is 1. The number of hydrogen-bond donors (Lipinski definition) is 1. The van der Waals surface area contributed by atoms with Gasteiger partial charge in [0.15, 0.2) is 18.1 Å². The van der Waals surface area contributed by atoms with Gasteiger partial charge < -0.3 is 19.5 Å². The van der Waals surface area contributed by atoms with Gasteiger partial charge in [-0.15, -0.1) is 0 Å². The first kappa shape index (κ1) is 14.2. The van der Waals surface area contributed by atoms with Gasteiger partial charge in [0.1, 0.15) is 11.6 Å². The Hall–Kier alpha value is -2.76. The highest BCUT2D eigenvalue weighted by Gasteiger charge is 2.14. The van der Waals surface area contributed by atoms with Crippen LogP contribution in [0.1, 0.15) is 5.56 Å². The first-order valence-electron chi connectivity index (χ1n) is 6.70. The molecule has 0 unspecified atom stereocenters. The van der Waals surface area contributed by atoms with Crippen molar-refractivity contribution in [1.29, 1.82) is 0 Å². The molecule has 0 atom stereocenters. The Morgan fingerprint density at radius 1 is 1.23 bits per heavy atom. The summed E-state index contributed by atoms with van der Waals surface area (Å²) in [5.74, 6) is 0.982. The average molecular weight is 303 g/mol. The molecule has 0 saturated carbocycles. The second-order valence-corrected chi connectivity index (χ2v) is 4.82. The fourth-order valence-corrected chi connectivity index (χ4v) is 1.98. The topological polar surface area (TPSA) is 56.8 Å². The molecule has 3 rings (SSSR count). The lowest BCUT2D eigenvalue weighted by atomic mass is 10.2. The fraction of sp³-hybridized carbons (Fsp3) is 0.188. The molecule has 0 bridgehead atoms. The van der Waals surface area contributed by atoms with Crippen molar-refractivity contribution in [3.8, 4) is 17.2 Å². The Kier molecular flexibility index (Phi) is 3.82. The van der Waals surface area contributed by atoms with Crippen molar-refractivity contribution in [3.63, 3.8) is 0 Å². The maximum Gasteiger partial charge on any atom is 0.262 e. The van der Waals surface area contributed by atoms with Gasteiger partial charge in [0.05, 0.1) is 0 Å². The summed E-state index contributed by atoms with van der Waals surface area (Å²) in [7, 11) is 0. The summed E-state index contributed by atoms with van der Waals surface area (Å²) in [6, 6.07) is 9.56. The van der Waals surface area contributed by atoms with Gasteiger partial charge in [-0.1, -0.05) is 6.07 Å². The third-order valence-electron chi connectivity index (χ3n) is 3.17. The molecule has 0 spiro atoms. The van der Waals surface area contributed by atoms with Gasteiger partial charge >= 0.3 is 0 Å². The molecule has 2 aromatic rings. The highest BCUT2D eigenvalue weighted by atomic mass is 19.1. The minimum atomic E-state index is -0.374. The molecular formula is C16H14FNO4. The molecule has 0 radical (unpaired) electrons. The molecule has 0 fully saturated rings. The summed E-state index contributed by atoms with van der Waals surface area (Å²) < 4.78 is 29.2. The first-order chi connectivity index (χ1) is 10.6. The van der Waals surface area contributed by atoms with Crippen LogP contribution in [0, 0.1) is 12.7 Å². The van der Waals surface area contributed by atoms with Crippen LogP contribution >= 0.6 is 0 Å². The number of halogens is 1. The van der Waals surface area contributed by atoms with Crippen LogP contribution in [0.25, 0.3) is 0 Å². The van der Waals surface area contributed by atoms with E-state index >= 15 is 0 Å². The lowest BCUT2D eigenvalue weighted by Gasteiger charge is -2.08. The van der Waals surface area contributed by atoms with Gasteiger partial charge in [-0.05, 0) is 36.8 Å². The number of ether oxygens (including phenoxy) is 3. The van der Waals surface area contributed by atoms with Gasteiger partial charge in [0.25, 0.3) is 5.91 Å². The van der Waals surface area contributed by atoms with Gasteiger partial charge in [0.2, 0.25) is 6.79 Å². The summed E-state index contributed by atoms with van der Waals surface area (Å²) >= 11 is 0. The van der Waals surface area contributed by atoms with Crippen molar-refractivity contribution in [2.45, 2.75) is 6.92 Å². The minimum Gasteiger partial charge on any atom is -0.484 e. The minimum absolute atomic E-state index is 0.179. The van der Waals surface area contributed by atoms with E-state index in [2.05, 4.69) is 5.32 Å². The third kappa shape index (κ3) is 3.11. The smallest absolute Gasteiger partial charge is 0.262 e. The zero-order valence-corrected chi connectivity index (χ0v) is 11.9. The number of carbonyl (C=O) groups excluding carboxylic acids is 1. The Morgan fingerprint density at radius 2 is 2.05 bits per heavy atom. The average Bonchev–Trinajstić information content (AvgIpc) is 2.96. The second kappa shape index (κ2) is 5.93. The van der Waals surface area contributed by atoms with Crippen LogP contribution in [-0.4, -0.2) is 19.3 Å². The van der Waals surface area contributed by atoms with Crippen LogP contribution in [0.15, 0.2) is 36.4 Å². The summed E-state index contributed by atoms with van der Waals surface area (Å²) in [6.45, 7) is 1.65. The summed E-state index contributed by atoms with van der Waals surface area (Å²) in [5.41, 5.74) is 0.914. The molecule has 22 heavy (non-hydrogen) atoms. The van der Waals surface area contributed by atoms with Crippen molar-refractivity contribution in [1.82, 2.24) is 0 Å². The Bertz CT molecular complexity index is 717. The molecule has 0 saturated heterocycles. The van der Waals surface area contributed by atoms with E-state index in [1.165, 1.54) is 6.07 Å². The molecule has 0 aliphatic carbocycles. The third-order valence-corrected chi connectivity index (χ3v) is 3.17. The number of carbonyl (C=O) groups is 1. The maximum absolute atomic E-state index is 13.4. The number of benzene rings is 2. The lowest BCUT2D eigenvalue weighted by molar-refractivity contribution is -0.118. The van der Waals surface area contributed by atoms with Gasteiger partial charge in [0, 0.05) is 11.8 Å². The molecule has 2 aromatic carbocycles. The quantitative estimate of drug-likeness (QED) is 0.943. The van der Waals surface area contributed by atoms with E-state index in [1.54, 1.807) is 37.3 Å². The van der Waals surface area contributed by atoms with Crippen molar-refractivity contribution in [3.05, 3.63) is 47.8 Å². The zero-order chi connectivity index (χ0) is 15.5. The predicted octanol–water partition coefficient (Wildman–Crippen LogP) is 2.88. The van der Waals surface area contributed by atoms with Gasteiger partial charge in [-0.25, -0.2) is 4.39 Å². The standard InChI is InChI=1S/C16H14FNO4/c1-10-2-3-11(6-13(10)17)18-16(19)8-20-12-4-5-14-15(7-12)22-9-21-14/h2-7H,8-9H2,1H3,(H,18,19). The molecule has 1 aliphatic heterocycles. The molecule has 1 amide bonds. The normalized spacial score (nSPS) is 12.1. The maximum atomic E-state index is 13.4. The second-order valence-electron chi connectivity index (χ2n) is 4.82. The summed E-state index contributed by atoms with van der Waals surface area (Å²) in [5, 5.41) is 2.57. The van der Waals surface area contributed by atoms with Crippen molar-refractivity contribution < 1.29 is 23.4 Å². The number of rotatable bonds is 4. The van der Waals surface area contributed by atoms with E-state index in [-0.39, 0.29) is 25.1 Å². The van der Waals surface area contributed by atoms with Crippen molar-refractivity contribution >= 4 is 11.6 Å². The van der Waals surface area contributed by atoms with Crippen LogP contribution in [0.5, 0.6) is 17.2 Å². The predicted molar refractivity (Wildman–Crippen MR) is 77.8 cm³/mol. The summed E-state index contributed by atoms with van der Waals surface area (Å²) in [6.07, 6.45) is 0. The van der Waals surface area contributed by atoms with Crippen molar-refractivity contribution in [2.24, 2.45) is 0 Å². The molecule has 0 aromatic heterocycles. The number of aryl methyl sites for hydroxylation is 1. The van der Waals surface area contributed by atoms with E-state index in [1.807, 2.05) is 0 Å². The van der Waals surface area contributed by atoms with E-state index < -0.39 is 0 Å². The van der Waals surface area contributed by atoms with E-state index in [4.69, 9.17) is 14.2 Å². The van der Waals surface area contributed by atoms with E-state index in [0.29, 0.717) is 28.5 Å². The van der Waals surface area contributed by atoms with Gasteiger partial charge in [-0.3, -0.25) is 4.79 Å². The number of amides is 1. The molecular weight excluding hydrogens is 289 g/mol. The SMILES string of the molecule is Cc1ccc(NC(=O)COc2ccc3c(c2)OCO3)cc1F. The molecule has 1 heterocycles. The first-order valence-corrected chi connectivity index (χ1v) is 6.70. The Morgan fingerprint density at radius 3 is 2.86 bits per heavy atom. The van der Waals surface area contributed by atoms with Crippen LogP contribution in [0.2, 0.25) is 0 Å². The van der Waals surface area contributed by atoms with Crippen molar-refractivity contribution in [2.75, 3.05) is 18.7 Å². The fourth-order valence-electron chi connectivity index (χ4n) is 1.98. The highest BCUT2D eigenvalue weighted by molar-refractivity contribution is 5.91. The van der Waals surface area contributed by atoms with Crippen LogP contribution in [-0.2, 0) is 4.79 Å². The molecule has 114 valence electrons.